The smallest absolute Gasteiger partial charge is 0.325 e. The molecule has 0 saturated carbocycles. The molecular formula is C26H30N4O5. The number of piperazine rings is 1. The molecule has 0 unspecified atom stereocenters. The molecule has 1 aromatic heterocycles. The lowest BCUT2D eigenvalue weighted by Gasteiger charge is -2.37. The average molecular weight is 479 g/mol. The number of anilines is 1. The molecule has 2 aliphatic heterocycles. The van der Waals surface area contributed by atoms with Crippen LogP contribution in [-0.2, 0) is 16.1 Å². The number of carboxylic acids is 1. The maximum absolute atomic E-state index is 12.4. The van der Waals surface area contributed by atoms with E-state index in [0.717, 1.165) is 53.2 Å². The predicted octanol–water partition coefficient (Wildman–Crippen LogP) is 3.43. The molecule has 0 bridgehead atoms. The summed E-state index contributed by atoms with van der Waals surface area (Å²) < 4.78 is 10.9. The Hall–Kier alpha value is -3.56. The summed E-state index contributed by atoms with van der Waals surface area (Å²) in [5, 5.41) is 13.9. The molecule has 3 aromatic rings. The van der Waals surface area contributed by atoms with Gasteiger partial charge in [-0.15, -0.1) is 0 Å². The number of carbonyl (C=O) groups excluding carboxylic acids is 1. The van der Waals surface area contributed by atoms with Gasteiger partial charge in [-0.3, -0.25) is 19.4 Å². The van der Waals surface area contributed by atoms with Crippen molar-refractivity contribution in [3.05, 3.63) is 53.7 Å². The van der Waals surface area contributed by atoms with Crippen molar-refractivity contribution in [1.82, 2.24) is 14.8 Å². The zero-order chi connectivity index (χ0) is 24.5. The van der Waals surface area contributed by atoms with Crippen LogP contribution in [0.25, 0.3) is 10.9 Å². The summed E-state index contributed by atoms with van der Waals surface area (Å²) in [6.07, 6.45) is 1.77. The molecule has 2 aliphatic rings. The van der Waals surface area contributed by atoms with Crippen LogP contribution in [0.5, 0.6) is 11.5 Å². The van der Waals surface area contributed by atoms with Crippen LogP contribution in [0.1, 0.15) is 31.0 Å². The Kier molecular flexibility index (Phi) is 6.36. The number of H-pyrrole nitrogens is 1. The molecule has 9 heteroatoms. The van der Waals surface area contributed by atoms with E-state index in [9.17, 15) is 14.7 Å². The van der Waals surface area contributed by atoms with E-state index in [2.05, 4.69) is 15.2 Å². The minimum atomic E-state index is -0.868. The quantitative estimate of drug-likeness (QED) is 0.478. The Morgan fingerprint density at radius 1 is 1.06 bits per heavy atom. The van der Waals surface area contributed by atoms with Crippen LogP contribution in [0.15, 0.2) is 42.6 Å². The van der Waals surface area contributed by atoms with Crippen molar-refractivity contribution in [2.75, 3.05) is 38.3 Å². The fraction of sp³-hybridized carbons (Fsp3) is 0.385. The lowest BCUT2D eigenvalue weighted by molar-refractivity contribution is -0.144. The lowest BCUT2D eigenvalue weighted by atomic mass is 10.0. The standard InChI is InChI=1S/C26H30N4O5/c1-16(2)25(31)28-18-4-5-19-20(13-27-21(19)12-18)24(26(32)33)30-9-7-29(8-10-30)14-17-3-6-22-23(11-17)35-15-34-22/h3-6,11-13,16,24,27H,7-10,14-15H2,1-2H3,(H,28,31)(H,32,33)/t24-/m1/s1. The third-order valence-corrected chi connectivity index (χ3v) is 6.65. The number of amides is 1. The first kappa shape index (κ1) is 23.2. The summed E-state index contributed by atoms with van der Waals surface area (Å²) in [7, 11) is 0. The molecule has 2 aromatic carbocycles. The van der Waals surface area contributed by atoms with Crippen molar-refractivity contribution in [2.24, 2.45) is 5.92 Å². The van der Waals surface area contributed by atoms with E-state index in [1.54, 1.807) is 6.20 Å². The van der Waals surface area contributed by atoms with Crippen LogP contribution in [0.2, 0.25) is 0 Å². The van der Waals surface area contributed by atoms with Gasteiger partial charge in [0.05, 0.1) is 0 Å². The van der Waals surface area contributed by atoms with Crippen LogP contribution in [-0.4, -0.2) is 64.7 Å². The van der Waals surface area contributed by atoms with Gasteiger partial charge in [0.15, 0.2) is 11.5 Å². The average Bonchev–Trinajstić information content (AvgIpc) is 3.47. The summed E-state index contributed by atoms with van der Waals surface area (Å²) in [6.45, 7) is 7.56. The fourth-order valence-electron chi connectivity index (χ4n) is 4.70. The Morgan fingerprint density at radius 2 is 1.83 bits per heavy atom. The molecular weight excluding hydrogens is 448 g/mol. The molecule has 3 heterocycles. The maximum Gasteiger partial charge on any atom is 0.325 e. The van der Waals surface area contributed by atoms with E-state index in [1.165, 1.54) is 0 Å². The number of aromatic amines is 1. The number of benzene rings is 2. The molecule has 0 spiro atoms. The van der Waals surface area contributed by atoms with E-state index in [4.69, 9.17) is 9.47 Å². The van der Waals surface area contributed by atoms with E-state index in [1.807, 2.05) is 55.1 Å². The van der Waals surface area contributed by atoms with E-state index in [0.29, 0.717) is 18.8 Å². The van der Waals surface area contributed by atoms with Crippen LogP contribution in [0.4, 0.5) is 5.69 Å². The van der Waals surface area contributed by atoms with Crippen molar-refractivity contribution in [2.45, 2.75) is 26.4 Å². The summed E-state index contributed by atoms with van der Waals surface area (Å²) in [6, 6.07) is 10.8. The highest BCUT2D eigenvalue weighted by Crippen LogP contribution is 2.34. The Morgan fingerprint density at radius 3 is 2.57 bits per heavy atom. The van der Waals surface area contributed by atoms with Gasteiger partial charge < -0.3 is 24.9 Å². The maximum atomic E-state index is 12.4. The van der Waals surface area contributed by atoms with Gasteiger partial charge in [-0.1, -0.05) is 26.0 Å². The van der Waals surface area contributed by atoms with E-state index >= 15 is 0 Å². The van der Waals surface area contributed by atoms with Gasteiger partial charge >= 0.3 is 5.97 Å². The minimum absolute atomic E-state index is 0.0573. The zero-order valence-corrected chi connectivity index (χ0v) is 19.9. The number of nitrogens with one attached hydrogen (secondary N) is 2. The highest BCUT2D eigenvalue weighted by atomic mass is 16.7. The third kappa shape index (κ3) is 4.82. The van der Waals surface area contributed by atoms with Gasteiger partial charge in [0, 0.05) is 67.0 Å². The SMILES string of the molecule is CC(C)C(=O)Nc1ccc2c([C@H](C(=O)O)N3CCN(Cc4ccc5c(c4)OCO5)CC3)c[nH]c2c1. The molecule has 1 atom stereocenters. The second-order valence-electron chi connectivity index (χ2n) is 9.39. The van der Waals surface area contributed by atoms with Crippen LogP contribution in [0.3, 0.4) is 0 Å². The first-order valence-electron chi connectivity index (χ1n) is 11.9. The number of aliphatic carboxylic acids is 1. The molecule has 1 amide bonds. The van der Waals surface area contributed by atoms with Crippen LogP contribution < -0.4 is 14.8 Å². The molecule has 35 heavy (non-hydrogen) atoms. The van der Waals surface area contributed by atoms with Crippen molar-refractivity contribution in [1.29, 1.82) is 0 Å². The van der Waals surface area contributed by atoms with E-state index in [-0.39, 0.29) is 18.6 Å². The second kappa shape index (κ2) is 9.59. The zero-order valence-electron chi connectivity index (χ0n) is 19.9. The Bertz CT molecular complexity index is 1250. The molecule has 0 aliphatic carbocycles. The number of fused-ring (bicyclic) bond motifs is 2. The number of ether oxygens (including phenoxy) is 2. The summed E-state index contributed by atoms with van der Waals surface area (Å²) in [5.74, 6) is 0.504. The molecule has 0 radical (unpaired) electrons. The second-order valence-corrected chi connectivity index (χ2v) is 9.39. The van der Waals surface area contributed by atoms with Crippen molar-refractivity contribution < 1.29 is 24.2 Å². The Labute approximate surface area is 203 Å². The van der Waals surface area contributed by atoms with Crippen molar-refractivity contribution in [3.63, 3.8) is 0 Å². The van der Waals surface area contributed by atoms with Gasteiger partial charge in [0.25, 0.3) is 0 Å². The largest absolute Gasteiger partial charge is 0.480 e. The first-order valence-corrected chi connectivity index (χ1v) is 11.9. The molecule has 5 rings (SSSR count). The van der Waals surface area contributed by atoms with Gasteiger partial charge in [-0.2, -0.15) is 0 Å². The van der Waals surface area contributed by atoms with Gasteiger partial charge in [-0.25, -0.2) is 0 Å². The first-order chi connectivity index (χ1) is 16.9. The van der Waals surface area contributed by atoms with Crippen molar-refractivity contribution in [3.8, 4) is 11.5 Å². The number of carbonyl (C=O) groups is 2. The molecule has 3 N–H and O–H groups in total. The molecule has 184 valence electrons. The predicted molar refractivity (Wildman–Crippen MR) is 132 cm³/mol. The third-order valence-electron chi connectivity index (χ3n) is 6.65. The normalized spacial score (nSPS) is 17.1. The van der Waals surface area contributed by atoms with Crippen LogP contribution >= 0.6 is 0 Å². The topological polar surface area (TPSA) is 107 Å². The highest BCUT2D eigenvalue weighted by Gasteiger charge is 2.32. The van der Waals surface area contributed by atoms with E-state index < -0.39 is 12.0 Å². The molecule has 1 fully saturated rings. The minimum Gasteiger partial charge on any atom is -0.480 e. The summed E-state index contributed by atoms with van der Waals surface area (Å²) in [4.78, 5) is 31.9. The number of rotatable bonds is 7. The van der Waals surface area contributed by atoms with Crippen LogP contribution in [0, 0.1) is 5.92 Å². The summed E-state index contributed by atoms with van der Waals surface area (Å²) in [5.41, 5.74) is 3.37. The number of nitrogens with zero attached hydrogens (tertiary/aromatic N) is 2. The number of aromatic nitrogens is 1. The lowest BCUT2D eigenvalue weighted by Crippen LogP contribution is -2.48. The number of hydrogen-bond acceptors (Lipinski definition) is 6. The highest BCUT2D eigenvalue weighted by molar-refractivity contribution is 5.96. The van der Waals surface area contributed by atoms with Crippen molar-refractivity contribution >= 4 is 28.5 Å². The van der Waals surface area contributed by atoms with Gasteiger partial charge in [0.2, 0.25) is 12.7 Å². The molecule has 1 saturated heterocycles. The number of hydrogen-bond donors (Lipinski definition) is 3. The summed E-state index contributed by atoms with van der Waals surface area (Å²) >= 11 is 0. The van der Waals surface area contributed by atoms with Gasteiger partial charge in [0.1, 0.15) is 6.04 Å². The monoisotopic (exact) mass is 478 g/mol. The molecule has 9 nitrogen and oxygen atoms in total. The Balaban J connectivity index is 1.27. The fourth-order valence-corrected chi connectivity index (χ4v) is 4.70. The van der Waals surface area contributed by atoms with Gasteiger partial charge in [-0.05, 0) is 29.8 Å². The number of carboxylic acid groups (broad SMARTS) is 1.